The molecule has 5 rings (SSSR count). The maximum Gasteiger partial charge on any atom is 0.163 e. The van der Waals surface area contributed by atoms with E-state index in [0.29, 0.717) is 25.6 Å². The first kappa shape index (κ1) is 16.8. The molecule has 1 saturated carbocycles. The lowest BCUT2D eigenvalue weighted by Crippen LogP contribution is -2.48. The van der Waals surface area contributed by atoms with Crippen LogP contribution in [0, 0.1) is 0 Å². The summed E-state index contributed by atoms with van der Waals surface area (Å²) in [5, 5.41) is 2.34. The van der Waals surface area contributed by atoms with Crippen molar-refractivity contribution in [3.8, 4) is 11.5 Å². The molecule has 3 heterocycles. The van der Waals surface area contributed by atoms with Crippen LogP contribution in [0.4, 0.5) is 4.39 Å². The number of nitrogens with zero attached hydrogens (tertiary/aromatic N) is 2. The number of benzene rings is 1. The van der Waals surface area contributed by atoms with E-state index >= 15 is 0 Å². The van der Waals surface area contributed by atoms with Crippen LogP contribution < -0.4 is 9.47 Å². The fourth-order valence-electron chi connectivity index (χ4n) is 3.98. The van der Waals surface area contributed by atoms with Crippen molar-refractivity contribution in [3.05, 3.63) is 30.1 Å². The van der Waals surface area contributed by atoms with Gasteiger partial charge in [0.1, 0.15) is 6.17 Å². The molecule has 1 aliphatic carbocycles. The second-order valence-corrected chi connectivity index (χ2v) is 7.63. The number of likely N-dealkylation sites (tertiary alicyclic amines) is 1. The summed E-state index contributed by atoms with van der Waals surface area (Å²) in [5.74, 6) is 2.06. The molecule has 3 aromatic rings. The molecule has 1 N–H and O–H groups in total. The van der Waals surface area contributed by atoms with Crippen LogP contribution in [0.2, 0.25) is 0 Å². The molecule has 142 valence electrons. The van der Waals surface area contributed by atoms with Crippen molar-refractivity contribution >= 4 is 21.8 Å². The zero-order valence-corrected chi connectivity index (χ0v) is 15.5. The van der Waals surface area contributed by atoms with Gasteiger partial charge >= 0.3 is 0 Å². The number of halogens is 1. The van der Waals surface area contributed by atoms with Crippen LogP contribution in [0.5, 0.6) is 11.5 Å². The third-order valence-electron chi connectivity index (χ3n) is 5.58. The molecule has 0 unspecified atom stereocenters. The van der Waals surface area contributed by atoms with Crippen molar-refractivity contribution in [1.82, 2.24) is 14.9 Å². The summed E-state index contributed by atoms with van der Waals surface area (Å²) in [7, 11) is 1.67. The van der Waals surface area contributed by atoms with Gasteiger partial charge in [0.05, 0.1) is 24.9 Å². The smallest absolute Gasteiger partial charge is 0.163 e. The van der Waals surface area contributed by atoms with Crippen molar-refractivity contribution in [2.24, 2.45) is 0 Å². The molecule has 5 nitrogen and oxygen atoms in total. The third-order valence-corrected chi connectivity index (χ3v) is 5.58. The monoisotopic (exact) mass is 369 g/mol. The van der Waals surface area contributed by atoms with E-state index in [2.05, 4.69) is 20.9 Å². The van der Waals surface area contributed by atoms with Crippen molar-refractivity contribution in [3.63, 3.8) is 0 Å². The number of aromatic amines is 1. The summed E-state index contributed by atoms with van der Waals surface area (Å²) in [6.45, 7) is 2.57. The summed E-state index contributed by atoms with van der Waals surface area (Å²) < 4.78 is 24.4. The number of pyridine rings is 1. The summed E-state index contributed by atoms with van der Waals surface area (Å²) in [6, 6.07) is 6.10. The number of rotatable bonds is 7. The SMILES string of the molecule is COc1cc2c(cc1OCCCN1CC(F)C1)[nH]c1ccnc(C3CC3)c12. The van der Waals surface area contributed by atoms with Gasteiger partial charge in [-0.3, -0.25) is 9.88 Å². The highest BCUT2D eigenvalue weighted by Crippen LogP contribution is 2.45. The van der Waals surface area contributed by atoms with E-state index < -0.39 is 6.17 Å². The first-order valence-corrected chi connectivity index (χ1v) is 9.70. The van der Waals surface area contributed by atoms with Gasteiger partial charge in [0.2, 0.25) is 0 Å². The van der Waals surface area contributed by atoms with E-state index in [-0.39, 0.29) is 0 Å². The number of ether oxygens (including phenoxy) is 2. The normalized spacial score (nSPS) is 18.1. The lowest BCUT2D eigenvalue weighted by atomic mass is 10.1. The number of alkyl halides is 1. The predicted octanol–water partition coefficient (Wildman–Crippen LogP) is 4.02. The Balaban J connectivity index is 1.39. The molecule has 2 fully saturated rings. The fraction of sp³-hybridized carbons (Fsp3) is 0.476. The second kappa shape index (κ2) is 6.68. The minimum atomic E-state index is -0.648. The van der Waals surface area contributed by atoms with Gasteiger partial charge in [0.25, 0.3) is 0 Å². The standard InChI is InChI=1S/C21H24FN3O2/c1-26-18-9-15-17(10-19(18)27-8-2-7-25-11-14(22)12-25)24-16-5-6-23-21(20(15)16)13-3-4-13/h5-6,9-10,13-14,24H,2-4,7-8,11-12H2,1H3. The van der Waals surface area contributed by atoms with Crippen LogP contribution in [0.3, 0.4) is 0 Å². The second-order valence-electron chi connectivity index (χ2n) is 7.63. The van der Waals surface area contributed by atoms with Crippen molar-refractivity contribution < 1.29 is 13.9 Å². The predicted molar refractivity (Wildman–Crippen MR) is 104 cm³/mol. The lowest BCUT2D eigenvalue weighted by molar-refractivity contribution is 0.0611. The molecule has 0 bridgehead atoms. The minimum Gasteiger partial charge on any atom is -0.493 e. The van der Waals surface area contributed by atoms with Crippen LogP contribution in [0.1, 0.15) is 30.9 Å². The molecule has 0 spiro atoms. The molecule has 0 radical (unpaired) electrons. The van der Waals surface area contributed by atoms with Crippen LogP contribution in [-0.2, 0) is 0 Å². The highest BCUT2D eigenvalue weighted by Gasteiger charge is 2.28. The van der Waals surface area contributed by atoms with Crippen molar-refractivity contribution in [2.75, 3.05) is 33.4 Å². The highest BCUT2D eigenvalue weighted by molar-refractivity contribution is 6.09. The first-order chi connectivity index (χ1) is 13.2. The number of fused-ring (bicyclic) bond motifs is 3. The van der Waals surface area contributed by atoms with Crippen LogP contribution in [0.15, 0.2) is 24.4 Å². The van der Waals surface area contributed by atoms with Gasteiger partial charge in [-0.15, -0.1) is 0 Å². The molecule has 1 saturated heterocycles. The Labute approximate surface area is 157 Å². The van der Waals surface area contributed by atoms with Crippen LogP contribution in [-0.4, -0.2) is 54.4 Å². The average molecular weight is 369 g/mol. The molecule has 2 aliphatic rings. The Morgan fingerprint density at radius 1 is 1.22 bits per heavy atom. The van der Waals surface area contributed by atoms with Crippen molar-refractivity contribution in [2.45, 2.75) is 31.4 Å². The van der Waals surface area contributed by atoms with E-state index in [1.165, 1.54) is 23.9 Å². The van der Waals surface area contributed by atoms with E-state index in [1.807, 2.05) is 18.3 Å². The van der Waals surface area contributed by atoms with E-state index in [1.54, 1.807) is 7.11 Å². The molecule has 6 heteroatoms. The third kappa shape index (κ3) is 3.12. The molecule has 2 aromatic heterocycles. The summed E-state index contributed by atoms with van der Waals surface area (Å²) in [5.41, 5.74) is 3.34. The number of methoxy groups -OCH3 is 1. The quantitative estimate of drug-likeness (QED) is 0.639. The van der Waals surface area contributed by atoms with E-state index in [0.717, 1.165) is 40.9 Å². The molecule has 0 amide bonds. The molecule has 1 aromatic carbocycles. The molecule has 0 atom stereocenters. The zero-order chi connectivity index (χ0) is 18.4. The van der Waals surface area contributed by atoms with Gasteiger partial charge < -0.3 is 14.5 Å². The largest absolute Gasteiger partial charge is 0.493 e. The number of nitrogens with one attached hydrogen (secondary N) is 1. The molecule has 1 aliphatic heterocycles. The van der Waals surface area contributed by atoms with Gasteiger partial charge in [-0.25, -0.2) is 4.39 Å². The van der Waals surface area contributed by atoms with Gasteiger partial charge in [0.15, 0.2) is 11.5 Å². The zero-order valence-electron chi connectivity index (χ0n) is 15.5. The molecular weight excluding hydrogens is 345 g/mol. The average Bonchev–Trinajstić information content (AvgIpc) is 3.43. The Morgan fingerprint density at radius 3 is 2.81 bits per heavy atom. The van der Waals surface area contributed by atoms with E-state index in [4.69, 9.17) is 9.47 Å². The minimum absolute atomic E-state index is 0.557. The van der Waals surface area contributed by atoms with Crippen LogP contribution in [0.25, 0.3) is 21.8 Å². The Bertz CT molecular complexity index is 976. The summed E-state index contributed by atoms with van der Waals surface area (Å²) in [4.78, 5) is 10.3. The summed E-state index contributed by atoms with van der Waals surface area (Å²) in [6.07, 6.45) is 4.55. The van der Waals surface area contributed by atoms with Crippen LogP contribution >= 0.6 is 0 Å². The maximum absolute atomic E-state index is 12.9. The lowest BCUT2D eigenvalue weighted by Gasteiger charge is -2.34. The Morgan fingerprint density at radius 2 is 2.07 bits per heavy atom. The van der Waals surface area contributed by atoms with Gasteiger partial charge in [0, 0.05) is 54.1 Å². The first-order valence-electron chi connectivity index (χ1n) is 9.70. The number of H-pyrrole nitrogens is 1. The summed E-state index contributed by atoms with van der Waals surface area (Å²) >= 11 is 0. The number of hydrogen-bond donors (Lipinski definition) is 1. The number of hydrogen-bond acceptors (Lipinski definition) is 4. The number of aromatic nitrogens is 2. The Kier molecular flexibility index (Phi) is 4.16. The maximum atomic E-state index is 12.9. The molecular formula is C21H24FN3O2. The van der Waals surface area contributed by atoms with Gasteiger partial charge in [-0.1, -0.05) is 0 Å². The highest BCUT2D eigenvalue weighted by atomic mass is 19.1. The van der Waals surface area contributed by atoms with Crippen molar-refractivity contribution in [1.29, 1.82) is 0 Å². The van der Waals surface area contributed by atoms with E-state index in [9.17, 15) is 4.39 Å². The topological polar surface area (TPSA) is 50.4 Å². The fourth-order valence-corrected chi connectivity index (χ4v) is 3.98. The Hall–Kier alpha value is -2.34. The van der Waals surface area contributed by atoms with Gasteiger partial charge in [-0.2, -0.15) is 0 Å². The van der Waals surface area contributed by atoms with Gasteiger partial charge in [-0.05, 0) is 31.4 Å². The molecule has 27 heavy (non-hydrogen) atoms.